The molecule has 0 saturated carbocycles. The highest BCUT2D eigenvalue weighted by Crippen LogP contribution is 2.38. The number of phosphoric acid groups is 1. The zero-order valence-corrected chi connectivity index (χ0v) is 39.1. The second kappa shape index (κ2) is 40.8. The first-order chi connectivity index (χ1) is 28.5. The van der Waals surface area contributed by atoms with Crippen LogP contribution in [0.1, 0.15) is 162 Å². The van der Waals surface area contributed by atoms with Gasteiger partial charge in [0.25, 0.3) is 7.82 Å². The molecule has 0 bridgehead atoms. The molecule has 0 aromatic rings. The zero-order chi connectivity index (χ0) is 43.6. The summed E-state index contributed by atoms with van der Waals surface area (Å²) in [5.74, 6) is -0.236. The number of hydrogen-bond donors (Lipinski definition) is 2. The van der Waals surface area contributed by atoms with Gasteiger partial charge < -0.3 is 28.8 Å². The number of amides is 1. The first kappa shape index (κ1) is 56.4. The van der Waals surface area contributed by atoms with Crippen molar-refractivity contribution in [1.29, 1.82) is 0 Å². The minimum absolute atomic E-state index is 0.0136. The van der Waals surface area contributed by atoms with E-state index >= 15 is 0 Å². The number of carbonyl (C=O) groups excluding carboxylic acids is 1. The molecule has 0 aromatic carbocycles. The molecule has 0 radical (unpaired) electrons. The topological polar surface area (TPSA) is 108 Å². The lowest BCUT2D eigenvalue weighted by atomic mass is 10.1. The first-order valence-corrected chi connectivity index (χ1v) is 24.6. The molecule has 0 saturated heterocycles. The van der Waals surface area contributed by atoms with E-state index in [-0.39, 0.29) is 12.5 Å². The molecule has 0 fully saturated rings. The minimum Gasteiger partial charge on any atom is -0.756 e. The fraction of sp³-hybridized carbons (Fsp3) is 0.660. The number of rotatable bonds is 40. The molecular formula is C50H87N2O6P. The third kappa shape index (κ3) is 43.3. The summed E-state index contributed by atoms with van der Waals surface area (Å²) in [5.41, 5.74) is 0. The lowest BCUT2D eigenvalue weighted by Gasteiger charge is -2.29. The number of aliphatic hydroxyl groups excluding tert-OH is 1. The molecule has 338 valence electrons. The molecule has 0 aromatic heterocycles. The van der Waals surface area contributed by atoms with Crippen LogP contribution in [0.2, 0.25) is 0 Å². The Morgan fingerprint density at radius 2 is 1.03 bits per heavy atom. The molecule has 0 heterocycles. The van der Waals surface area contributed by atoms with Crippen LogP contribution >= 0.6 is 7.82 Å². The quantitative estimate of drug-likeness (QED) is 0.0275. The Kier molecular flexibility index (Phi) is 39.0. The Hall–Kier alpha value is -2.58. The van der Waals surface area contributed by atoms with E-state index in [4.69, 9.17) is 9.05 Å². The van der Waals surface area contributed by atoms with Gasteiger partial charge in [-0.3, -0.25) is 9.36 Å². The van der Waals surface area contributed by atoms with Crippen LogP contribution in [0.3, 0.4) is 0 Å². The summed E-state index contributed by atoms with van der Waals surface area (Å²) in [5, 5.41) is 13.7. The van der Waals surface area contributed by atoms with Gasteiger partial charge in [0, 0.05) is 6.42 Å². The summed E-state index contributed by atoms with van der Waals surface area (Å²) < 4.78 is 23.2. The summed E-state index contributed by atoms with van der Waals surface area (Å²) in [4.78, 5) is 25.3. The number of allylic oxidation sites excluding steroid dienone is 15. The van der Waals surface area contributed by atoms with Crippen molar-refractivity contribution < 1.29 is 32.9 Å². The van der Waals surface area contributed by atoms with Crippen molar-refractivity contribution >= 4 is 13.7 Å². The van der Waals surface area contributed by atoms with E-state index in [0.717, 1.165) is 83.5 Å². The molecule has 0 aliphatic carbocycles. The van der Waals surface area contributed by atoms with E-state index < -0.39 is 26.6 Å². The first-order valence-electron chi connectivity index (χ1n) is 23.1. The Morgan fingerprint density at radius 1 is 0.610 bits per heavy atom. The molecule has 1 amide bonds. The van der Waals surface area contributed by atoms with Crippen LogP contribution < -0.4 is 10.2 Å². The van der Waals surface area contributed by atoms with E-state index in [2.05, 4.69) is 104 Å². The smallest absolute Gasteiger partial charge is 0.268 e. The predicted octanol–water partition coefficient (Wildman–Crippen LogP) is 12.5. The Bertz CT molecular complexity index is 1280. The highest BCUT2D eigenvalue weighted by atomic mass is 31.2. The van der Waals surface area contributed by atoms with Crippen LogP contribution in [0.15, 0.2) is 97.2 Å². The maximum Gasteiger partial charge on any atom is 0.268 e. The minimum atomic E-state index is -4.60. The van der Waals surface area contributed by atoms with Crippen molar-refractivity contribution in [2.24, 2.45) is 0 Å². The summed E-state index contributed by atoms with van der Waals surface area (Å²) in [6.45, 7) is 4.47. The normalized spacial score (nSPS) is 15.2. The van der Waals surface area contributed by atoms with Crippen molar-refractivity contribution in [3.8, 4) is 0 Å². The number of hydrogen-bond acceptors (Lipinski definition) is 6. The van der Waals surface area contributed by atoms with Crippen LogP contribution in [0.25, 0.3) is 0 Å². The highest BCUT2D eigenvalue weighted by Gasteiger charge is 2.23. The van der Waals surface area contributed by atoms with Crippen molar-refractivity contribution in [2.75, 3.05) is 40.9 Å². The Morgan fingerprint density at radius 3 is 1.51 bits per heavy atom. The predicted molar refractivity (Wildman–Crippen MR) is 251 cm³/mol. The molecular weight excluding hydrogens is 756 g/mol. The Labute approximate surface area is 362 Å². The van der Waals surface area contributed by atoms with Gasteiger partial charge in [0.05, 0.1) is 39.9 Å². The number of nitrogens with zero attached hydrogens (tertiary/aromatic N) is 1. The maximum atomic E-state index is 12.9. The monoisotopic (exact) mass is 843 g/mol. The number of carbonyl (C=O) groups is 1. The molecule has 9 heteroatoms. The summed E-state index contributed by atoms with van der Waals surface area (Å²) in [6.07, 6.45) is 57.4. The standard InChI is InChI=1S/C50H87N2O6P/c1-6-8-10-12-14-16-18-20-21-22-23-24-25-26-27-28-29-30-31-32-34-36-38-40-42-44-50(54)51-48(47-58-59(55,56)57-46-45-52(3,4)5)49(53)43-41-39-37-35-33-19-17-15-13-11-9-7-2/h8,10,14,16,20-21,23-24,26-27,29-30,32,34,41,43,48-49,53H,6-7,9,11-13,15,17-19,22,25,28,31,33,35-40,42,44-47H2,1-5H3,(H-,51,54,55,56)/b10-8-,16-14-,21-20-,24-23-,27-26-,30-29-,34-32-,43-41+. The van der Waals surface area contributed by atoms with Gasteiger partial charge in [-0.25, -0.2) is 0 Å². The van der Waals surface area contributed by atoms with Gasteiger partial charge in [0.15, 0.2) is 0 Å². The number of aliphatic hydroxyl groups is 1. The van der Waals surface area contributed by atoms with Crippen molar-refractivity contribution in [3.63, 3.8) is 0 Å². The average molecular weight is 843 g/mol. The van der Waals surface area contributed by atoms with Crippen LogP contribution in [0.5, 0.6) is 0 Å². The molecule has 2 N–H and O–H groups in total. The SMILES string of the molecule is CC/C=C\C/C=C\C/C=C\C/C=C\C/C=C\C/C=C\C/C=C\CCCCCC(=O)NC(COP(=O)([O-])OCC[N+](C)(C)C)C(O)/C=C/CCCCCCCCCCCC. The van der Waals surface area contributed by atoms with Gasteiger partial charge in [-0.05, 0) is 77.0 Å². The van der Waals surface area contributed by atoms with Crippen LogP contribution in [0.4, 0.5) is 0 Å². The van der Waals surface area contributed by atoms with Crippen LogP contribution in [-0.2, 0) is 18.4 Å². The number of unbranched alkanes of at least 4 members (excludes halogenated alkanes) is 13. The van der Waals surface area contributed by atoms with Crippen molar-refractivity contribution in [2.45, 2.75) is 174 Å². The summed E-state index contributed by atoms with van der Waals surface area (Å²) in [6, 6.07) is -0.910. The second-order valence-corrected chi connectivity index (χ2v) is 17.8. The van der Waals surface area contributed by atoms with Gasteiger partial charge in [-0.15, -0.1) is 0 Å². The highest BCUT2D eigenvalue weighted by molar-refractivity contribution is 7.45. The largest absolute Gasteiger partial charge is 0.756 e. The lowest BCUT2D eigenvalue weighted by Crippen LogP contribution is -2.45. The van der Waals surface area contributed by atoms with Crippen molar-refractivity contribution in [1.82, 2.24) is 5.32 Å². The van der Waals surface area contributed by atoms with Crippen molar-refractivity contribution in [3.05, 3.63) is 97.2 Å². The van der Waals surface area contributed by atoms with E-state index in [9.17, 15) is 19.4 Å². The average Bonchev–Trinajstić information content (AvgIpc) is 3.19. The fourth-order valence-electron chi connectivity index (χ4n) is 5.89. The van der Waals surface area contributed by atoms with E-state index in [1.165, 1.54) is 51.4 Å². The molecule has 3 unspecified atom stereocenters. The number of likely N-dealkylation sites (N-methyl/N-ethyl adjacent to an activating group) is 1. The summed E-state index contributed by atoms with van der Waals surface area (Å²) >= 11 is 0. The molecule has 59 heavy (non-hydrogen) atoms. The summed E-state index contributed by atoms with van der Waals surface area (Å²) in [7, 11) is 1.22. The molecule has 0 rings (SSSR count). The van der Waals surface area contributed by atoms with Gasteiger partial charge >= 0.3 is 0 Å². The van der Waals surface area contributed by atoms with Gasteiger partial charge in [0.1, 0.15) is 13.2 Å². The molecule has 8 nitrogen and oxygen atoms in total. The molecule has 3 atom stereocenters. The lowest BCUT2D eigenvalue weighted by molar-refractivity contribution is -0.870. The van der Waals surface area contributed by atoms with E-state index in [1.807, 2.05) is 27.2 Å². The maximum absolute atomic E-state index is 12.9. The fourth-order valence-corrected chi connectivity index (χ4v) is 6.62. The van der Waals surface area contributed by atoms with Crippen LogP contribution in [-0.4, -0.2) is 68.5 Å². The van der Waals surface area contributed by atoms with E-state index in [1.54, 1.807) is 6.08 Å². The van der Waals surface area contributed by atoms with E-state index in [0.29, 0.717) is 23.9 Å². The number of phosphoric ester groups is 1. The molecule has 0 spiro atoms. The van der Waals surface area contributed by atoms with Crippen LogP contribution in [0, 0.1) is 0 Å². The zero-order valence-electron chi connectivity index (χ0n) is 38.2. The van der Waals surface area contributed by atoms with Gasteiger partial charge in [0.2, 0.25) is 5.91 Å². The third-order valence-electron chi connectivity index (χ3n) is 9.55. The number of quaternary nitrogens is 1. The second-order valence-electron chi connectivity index (χ2n) is 16.4. The Balaban J connectivity index is 4.43. The van der Waals surface area contributed by atoms with Gasteiger partial charge in [-0.1, -0.05) is 175 Å². The number of nitrogens with one attached hydrogen (secondary N) is 1. The molecule has 0 aliphatic heterocycles. The van der Waals surface area contributed by atoms with Gasteiger partial charge in [-0.2, -0.15) is 0 Å². The third-order valence-corrected chi connectivity index (χ3v) is 10.5. The molecule has 0 aliphatic rings.